The Labute approximate surface area is 115 Å². The van der Waals surface area contributed by atoms with Crippen LogP contribution in [0.1, 0.15) is 25.5 Å². The fraction of sp³-hybridized carbons (Fsp3) is 0.538. The van der Waals surface area contributed by atoms with Crippen molar-refractivity contribution in [2.75, 3.05) is 18.9 Å². The van der Waals surface area contributed by atoms with Crippen LogP contribution in [0, 0.1) is 0 Å². The minimum Gasteiger partial charge on any atom is -0.378 e. The molecule has 1 aromatic carbocycles. The van der Waals surface area contributed by atoms with Gasteiger partial charge < -0.3 is 10.5 Å². The highest BCUT2D eigenvalue weighted by molar-refractivity contribution is 7.89. The van der Waals surface area contributed by atoms with Gasteiger partial charge in [0.2, 0.25) is 10.0 Å². The average molecular weight is 286 g/mol. The second kappa shape index (κ2) is 7.59. The van der Waals surface area contributed by atoms with Crippen molar-refractivity contribution in [1.29, 1.82) is 0 Å². The van der Waals surface area contributed by atoms with Crippen molar-refractivity contribution >= 4 is 10.0 Å². The average Bonchev–Trinajstić information content (AvgIpc) is 2.36. The van der Waals surface area contributed by atoms with Crippen LogP contribution >= 0.6 is 0 Å². The van der Waals surface area contributed by atoms with E-state index in [1.807, 2.05) is 44.2 Å². The zero-order valence-corrected chi connectivity index (χ0v) is 12.2. The van der Waals surface area contributed by atoms with E-state index in [0.29, 0.717) is 0 Å². The summed E-state index contributed by atoms with van der Waals surface area (Å²) in [6.45, 7) is 4.11. The fourth-order valence-corrected chi connectivity index (χ4v) is 2.39. The molecule has 0 saturated carbocycles. The van der Waals surface area contributed by atoms with Crippen LogP contribution in [0.5, 0.6) is 0 Å². The van der Waals surface area contributed by atoms with Crippen molar-refractivity contribution < 1.29 is 13.2 Å². The topological polar surface area (TPSA) is 81.4 Å². The maximum atomic E-state index is 11.7. The van der Waals surface area contributed by atoms with Gasteiger partial charge in [0, 0.05) is 12.6 Å². The molecule has 6 heteroatoms. The van der Waals surface area contributed by atoms with Crippen molar-refractivity contribution in [1.82, 2.24) is 4.72 Å². The lowest BCUT2D eigenvalue weighted by Gasteiger charge is -2.14. The molecule has 5 nitrogen and oxygen atoms in total. The molecule has 0 radical (unpaired) electrons. The van der Waals surface area contributed by atoms with Gasteiger partial charge in [0.1, 0.15) is 0 Å². The van der Waals surface area contributed by atoms with E-state index in [0.717, 1.165) is 5.56 Å². The largest absolute Gasteiger partial charge is 0.378 e. The molecule has 0 amide bonds. The van der Waals surface area contributed by atoms with Gasteiger partial charge in [0.25, 0.3) is 0 Å². The third-order valence-corrected chi connectivity index (χ3v) is 3.86. The van der Waals surface area contributed by atoms with Crippen molar-refractivity contribution in [2.45, 2.75) is 26.0 Å². The number of nitrogens with two attached hydrogens (primary N) is 1. The summed E-state index contributed by atoms with van der Waals surface area (Å²) in [5.74, 6) is -0.0489. The Morgan fingerprint density at radius 1 is 1.26 bits per heavy atom. The summed E-state index contributed by atoms with van der Waals surface area (Å²) in [7, 11) is -3.34. The van der Waals surface area contributed by atoms with Crippen LogP contribution in [0.4, 0.5) is 0 Å². The summed E-state index contributed by atoms with van der Waals surface area (Å²) in [4.78, 5) is 0. The molecule has 0 saturated heterocycles. The molecule has 0 aliphatic carbocycles. The Morgan fingerprint density at radius 3 is 2.47 bits per heavy atom. The predicted molar refractivity (Wildman–Crippen MR) is 76.2 cm³/mol. The lowest BCUT2D eigenvalue weighted by Crippen LogP contribution is -2.34. The van der Waals surface area contributed by atoms with Gasteiger partial charge >= 0.3 is 0 Å². The van der Waals surface area contributed by atoms with Crippen molar-refractivity contribution in [3.05, 3.63) is 35.9 Å². The molecule has 0 aliphatic rings. The Balaban J connectivity index is 2.38. The van der Waals surface area contributed by atoms with Crippen molar-refractivity contribution in [3.8, 4) is 0 Å². The van der Waals surface area contributed by atoms with E-state index in [9.17, 15) is 8.42 Å². The highest BCUT2D eigenvalue weighted by Gasteiger charge is 2.13. The van der Waals surface area contributed by atoms with Gasteiger partial charge in [-0.05, 0) is 19.4 Å². The van der Waals surface area contributed by atoms with E-state index in [4.69, 9.17) is 10.5 Å². The SMILES string of the molecule is CC(C)OCCS(=O)(=O)NCC(N)c1ccccc1. The second-order valence-electron chi connectivity index (χ2n) is 4.60. The zero-order chi connectivity index (χ0) is 14.3. The van der Waals surface area contributed by atoms with Gasteiger partial charge in [-0.1, -0.05) is 30.3 Å². The molecule has 0 heterocycles. The fourth-order valence-electron chi connectivity index (χ4n) is 1.50. The first kappa shape index (κ1) is 16.1. The third kappa shape index (κ3) is 6.68. The Bertz CT molecular complexity index is 460. The molecule has 1 atom stereocenters. The number of ether oxygens (including phenoxy) is 1. The Kier molecular flexibility index (Phi) is 6.44. The van der Waals surface area contributed by atoms with Gasteiger partial charge in [-0.2, -0.15) is 0 Å². The molecule has 3 N–H and O–H groups in total. The first-order valence-corrected chi connectivity index (χ1v) is 7.95. The molecule has 0 aromatic heterocycles. The maximum absolute atomic E-state index is 11.7. The first-order valence-electron chi connectivity index (χ1n) is 6.30. The van der Waals surface area contributed by atoms with Gasteiger partial charge in [-0.25, -0.2) is 13.1 Å². The molecular weight excluding hydrogens is 264 g/mol. The molecule has 1 aromatic rings. The van der Waals surface area contributed by atoms with Crippen molar-refractivity contribution in [3.63, 3.8) is 0 Å². The smallest absolute Gasteiger partial charge is 0.213 e. The monoisotopic (exact) mass is 286 g/mol. The van der Waals surface area contributed by atoms with Crippen LogP contribution in [-0.2, 0) is 14.8 Å². The van der Waals surface area contributed by atoms with E-state index >= 15 is 0 Å². The van der Waals surface area contributed by atoms with Gasteiger partial charge in [0.05, 0.1) is 18.5 Å². The van der Waals surface area contributed by atoms with Crippen LogP contribution < -0.4 is 10.5 Å². The summed E-state index contributed by atoms with van der Waals surface area (Å²) in [6.07, 6.45) is 0.0294. The van der Waals surface area contributed by atoms with Crippen LogP contribution in [0.15, 0.2) is 30.3 Å². The number of hydrogen-bond donors (Lipinski definition) is 2. The Hall–Kier alpha value is -0.950. The quantitative estimate of drug-likeness (QED) is 0.748. The third-order valence-electron chi connectivity index (χ3n) is 2.55. The lowest BCUT2D eigenvalue weighted by molar-refractivity contribution is 0.0911. The molecule has 108 valence electrons. The summed E-state index contributed by atoms with van der Waals surface area (Å²) in [5.41, 5.74) is 6.83. The number of sulfonamides is 1. The standard InChI is InChI=1S/C13H22N2O3S/c1-11(2)18-8-9-19(16,17)15-10-13(14)12-6-4-3-5-7-12/h3-7,11,13,15H,8-10,14H2,1-2H3. The molecule has 0 spiro atoms. The van der Waals surface area contributed by atoms with Gasteiger partial charge in [0.15, 0.2) is 0 Å². The molecular formula is C13H22N2O3S. The van der Waals surface area contributed by atoms with Crippen LogP contribution in [-0.4, -0.2) is 33.4 Å². The minimum atomic E-state index is -3.34. The number of benzene rings is 1. The van der Waals surface area contributed by atoms with E-state index in [2.05, 4.69) is 4.72 Å². The van der Waals surface area contributed by atoms with Crippen LogP contribution in [0.3, 0.4) is 0 Å². The summed E-state index contributed by atoms with van der Waals surface area (Å²) in [5, 5.41) is 0. The van der Waals surface area contributed by atoms with E-state index in [-0.39, 0.29) is 31.1 Å². The van der Waals surface area contributed by atoms with E-state index in [1.165, 1.54) is 0 Å². The number of rotatable bonds is 8. The molecule has 1 rings (SSSR count). The first-order chi connectivity index (χ1) is 8.91. The molecule has 0 aliphatic heterocycles. The van der Waals surface area contributed by atoms with Crippen molar-refractivity contribution in [2.24, 2.45) is 5.73 Å². The predicted octanol–water partition coefficient (Wildman–Crippen LogP) is 1.03. The minimum absolute atomic E-state index is 0.0294. The molecule has 0 fully saturated rings. The van der Waals surface area contributed by atoms with Gasteiger partial charge in [-0.15, -0.1) is 0 Å². The highest BCUT2D eigenvalue weighted by atomic mass is 32.2. The maximum Gasteiger partial charge on any atom is 0.213 e. The Morgan fingerprint density at radius 2 is 1.89 bits per heavy atom. The zero-order valence-electron chi connectivity index (χ0n) is 11.4. The normalized spacial score (nSPS) is 13.7. The summed E-state index contributed by atoms with van der Waals surface area (Å²) >= 11 is 0. The summed E-state index contributed by atoms with van der Waals surface area (Å²) in [6, 6.07) is 9.05. The van der Waals surface area contributed by atoms with Gasteiger partial charge in [-0.3, -0.25) is 0 Å². The summed E-state index contributed by atoms with van der Waals surface area (Å²) < 4.78 is 31.1. The number of hydrogen-bond acceptors (Lipinski definition) is 4. The molecule has 19 heavy (non-hydrogen) atoms. The lowest BCUT2D eigenvalue weighted by atomic mass is 10.1. The van der Waals surface area contributed by atoms with E-state index in [1.54, 1.807) is 0 Å². The molecule has 0 bridgehead atoms. The van der Waals surface area contributed by atoms with Crippen LogP contribution in [0.2, 0.25) is 0 Å². The highest BCUT2D eigenvalue weighted by Crippen LogP contribution is 2.08. The molecule has 1 unspecified atom stereocenters. The second-order valence-corrected chi connectivity index (χ2v) is 6.53. The van der Waals surface area contributed by atoms with Crippen LogP contribution in [0.25, 0.3) is 0 Å². The van der Waals surface area contributed by atoms with E-state index < -0.39 is 10.0 Å². The number of nitrogens with one attached hydrogen (secondary N) is 1.